The predicted octanol–water partition coefficient (Wildman–Crippen LogP) is 4.81. The van der Waals surface area contributed by atoms with Crippen molar-refractivity contribution in [2.75, 3.05) is 5.73 Å². The molecule has 0 bridgehead atoms. The fraction of sp³-hybridized carbons (Fsp3) is 0.0769. The number of carbonyl (C=O) groups is 2. The van der Waals surface area contributed by atoms with E-state index in [-0.39, 0.29) is 23.7 Å². The van der Waals surface area contributed by atoms with E-state index in [1.807, 2.05) is 30.3 Å². The fourth-order valence-electron chi connectivity index (χ4n) is 2.77. The molecule has 0 aliphatic carbocycles. The maximum Gasteiger partial charge on any atom is 0.163 e. The third kappa shape index (κ3) is 7.01. The molecule has 0 aliphatic rings. The monoisotopic (exact) mass is 413 g/mol. The van der Waals surface area contributed by atoms with Gasteiger partial charge < -0.3 is 15.6 Å². The Kier molecular flexibility index (Phi) is 7.38. The molecule has 0 unspecified atom stereocenters. The van der Waals surface area contributed by atoms with Crippen molar-refractivity contribution in [1.82, 2.24) is 0 Å². The molecule has 156 valence electrons. The van der Waals surface area contributed by atoms with Gasteiger partial charge in [0.15, 0.2) is 11.6 Å². The Morgan fingerprint density at radius 2 is 1.55 bits per heavy atom. The van der Waals surface area contributed by atoms with Crippen LogP contribution in [0.15, 0.2) is 84.9 Å². The van der Waals surface area contributed by atoms with Crippen LogP contribution in [0.5, 0.6) is 11.5 Å². The Hall–Kier alpha value is -4.12. The number of nitrogens with two attached hydrogens (primary N) is 1. The number of phenolic OH excluding ortho intramolecular Hbond substituents is 1. The highest BCUT2D eigenvalue weighted by atomic mass is 16.5. The summed E-state index contributed by atoms with van der Waals surface area (Å²) >= 11 is 0. The van der Waals surface area contributed by atoms with Crippen LogP contribution in [-0.4, -0.2) is 16.7 Å². The number of hydrogen-bond acceptors (Lipinski definition) is 5. The van der Waals surface area contributed by atoms with Gasteiger partial charge in [-0.1, -0.05) is 48.5 Å². The van der Waals surface area contributed by atoms with E-state index in [2.05, 4.69) is 0 Å². The van der Waals surface area contributed by atoms with Crippen LogP contribution in [0.2, 0.25) is 0 Å². The van der Waals surface area contributed by atoms with Gasteiger partial charge in [0.05, 0.1) is 6.42 Å². The molecule has 0 saturated carbocycles. The highest BCUT2D eigenvalue weighted by molar-refractivity contribution is 6.11. The Bertz CT molecular complexity index is 1100. The average Bonchev–Trinajstić information content (AvgIpc) is 2.78. The summed E-state index contributed by atoms with van der Waals surface area (Å²) < 4.78 is 5.79. The largest absolute Gasteiger partial charge is 0.508 e. The second kappa shape index (κ2) is 10.6. The number of ketones is 2. The lowest BCUT2D eigenvalue weighted by atomic mass is 10.1. The molecule has 5 nitrogen and oxygen atoms in total. The van der Waals surface area contributed by atoms with Crippen LogP contribution >= 0.6 is 0 Å². The molecule has 0 atom stereocenters. The van der Waals surface area contributed by atoms with E-state index in [1.165, 1.54) is 24.3 Å². The van der Waals surface area contributed by atoms with Gasteiger partial charge in [0.2, 0.25) is 0 Å². The summed E-state index contributed by atoms with van der Waals surface area (Å²) in [6.07, 6.45) is 5.65. The molecule has 31 heavy (non-hydrogen) atoms. The summed E-state index contributed by atoms with van der Waals surface area (Å²) in [5, 5.41) is 9.26. The summed E-state index contributed by atoms with van der Waals surface area (Å²) in [5.41, 5.74) is 8.95. The summed E-state index contributed by atoms with van der Waals surface area (Å²) in [6.45, 7) is 0.425. The Balaban J connectivity index is 1.56. The highest BCUT2D eigenvalue weighted by Crippen LogP contribution is 2.22. The van der Waals surface area contributed by atoms with Gasteiger partial charge in [-0.3, -0.25) is 9.59 Å². The molecule has 0 fully saturated rings. The zero-order valence-electron chi connectivity index (χ0n) is 16.9. The first-order valence-electron chi connectivity index (χ1n) is 9.77. The molecule has 5 heteroatoms. The summed E-state index contributed by atoms with van der Waals surface area (Å²) in [5.74, 6) is 0.154. The molecule has 0 saturated heterocycles. The van der Waals surface area contributed by atoms with Gasteiger partial charge in [0.1, 0.15) is 18.1 Å². The van der Waals surface area contributed by atoms with Crippen molar-refractivity contribution in [1.29, 1.82) is 0 Å². The SMILES string of the molecule is Nc1ccc(OCc2ccccc2)cc1C=CC(=O)CC(=O)C=Cc1ccc(O)cc1. The maximum atomic E-state index is 12.1. The number of aromatic hydroxyl groups is 1. The number of anilines is 1. The summed E-state index contributed by atoms with van der Waals surface area (Å²) in [6, 6.07) is 21.5. The van der Waals surface area contributed by atoms with E-state index in [4.69, 9.17) is 10.5 Å². The third-order valence-electron chi connectivity index (χ3n) is 4.46. The molecule has 0 amide bonds. The van der Waals surface area contributed by atoms with Crippen molar-refractivity contribution in [3.8, 4) is 11.5 Å². The minimum absolute atomic E-state index is 0.151. The maximum absolute atomic E-state index is 12.1. The van der Waals surface area contributed by atoms with E-state index < -0.39 is 0 Å². The zero-order chi connectivity index (χ0) is 22.1. The van der Waals surface area contributed by atoms with E-state index in [0.29, 0.717) is 23.6 Å². The topological polar surface area (TPSA) is 89.6 Å². The zero-order valence-corrected chi connectivity index (χ0v) is 16.9. The van der Waals surface area contributed by atoms with Crippen LogP contribution in [0.25, 0.3) is 12.2 Å². The molecule has 0 radical (unpaired) electrons. The predicted molar refractivity (Wildman–Crippen MR) is 122 cm³/mol. The Labute approximate surface area is 181 Å². The van der Waals surface area contributed by atoms with Crippen LogP contribution < -0.4 is 10.5 Å². The van der Waals surface area contributed by atoms with Gasteiger partial charge >= 0.3 is 0 Å². The van der Waals surface area contributed by atoms with E-state index in [9.17, 15) is 14.7 Å². The van der Waals surface area contributed by atoms with Gasteiger partial charge in [-0.15, -0.1) is 0 Å². The van der Waals surface area contributed by atoms with Crippen molar-refractivity contribution >= 4 is 29.4 Å². The van der Waals surface area contributed by atoms with Crippen molar-refractivity contribution in [2.24, 2.45) is 0 Å². The Morgan fingerprint density at radius 1 is 0.871 bits per heavy atom. The first-order valence-corrected chi connectivity index (χ1v) is 9.77. The number of benzene rings is 3. The van der Waals surface area contributed by atoms with Crippen molar-refractivity contribution in [2.45, 2.75) is 13.0 Å². The second-order valence-corrected chi connectivity index (χ2v) is 6.93. The van der Waals surface area contributed by atoms with Crippen molar-refractivity contribution in [3.05, 3.63) is 102 Å². The lowest BCUT2D eigenvalue weighted by Gasteiger charge is -2.08. The quantitative estimate of drug-likeness (QED) is 0.299. The molecular formula is C26H23NO4. The fourth-order valence-corrected chi connectivity index (χ4v) is 2.77. The second-order valence-electron chi connectivity index (χ2n) is 6.93. The molecular weight excluding hydrogens is 390 g/mol. The molecule has 3 aromatic carbocycles. The summed E-state index contributed by atoms with van der Waals surface area (Å²) in [7, 11) is 0. The lowest BCUT2D eigenvalue weighted by molar-refractivity contribution is -0.121. The van der Waals surface area contributed by atoms with E-state index in [0.717, 1.165) is 11.1 Å². The molecule has 3 N–H and O–H groups in total. The van der Waals surface area contributed by atoms with Crippen LogP contribution in [0.4, 0.5) is 5.69 Å². The molecule has 3 aromatic rings. The number of allylic oxidation sites excluding steroid dienone is 2. The third-order valence-corrected chi connectivity index (χ3v) is 4.46. The van der Waals surface area contributed by atoms with Crippen LogP contribution in [0.1, 0.15) is 23.1 Å². The molecule has 0 aromatic heterocycles. The van der Waals surface area contributed by atoms with E-state index in [1.54, 1.807) is 42.5 Å². The van der Waals surface area contributed by atoms with Gasteiger partial charge in [-0.2, -0.15) is 0 Å². The number of nitrogen functional groups attached to an aromatic ring is 1. The number of hydrogen-bond donors (Lipinski definition) is 2. The van der Waals surface area contributed by atoms with Gasteiger partial charge in [-0.25, -0.2) is 0 Å². The lowest BCUT2D eigenvalue weighted by Crippen LogP contribution is -2.02. The smallest absolute Gasteiger partial charge is 0.163 e. The number of carbonyl (C=O) groups excluding carboxylic acids is 2. The minimum Gasteiger partial charge on any atom is -0.508 e. The summed E-state index contributed by atoms with van der Waals surface area (Å²) in [4.78, 5) is 24.2. The first kappa shape index (κ1) is 21.6. The standard InChI is InChI=1S/C26H23NO4/c27-26-15-14-25(31-18-20-4-2-1-3-5-20)16-21(26)9-13-24(30)17-23(29)12-8-19-6-10-22(28)11-7-19/h1-16,28H,17-18,27H2. The molecule has 0 heterocycles. The van der Waals surface area contributed by atoms with E-state index >= 15 is 0 Å². The van der Waals surface area contributed by atoms with Gasteiger partial charge in [-0.05, 0) is 59.7 Å². The molecule has 0 aliphatic heterocycles. The normalized spacial score (nSPS) is 11.1. The van der Waals surface area contributed by atoms with Crippen molar-refractivity contribution in [3.63, 3.8) is 0 Å². The van der Waals surface area contributed by atoms with Crippen LogP contribution in [0, 0.1) is 0 Å². The van der Waals surface area contributed by atoms with Gasteiger partial charge in [0.25, 0.3) is 0 Å². The average molecular weight is 413 g/mol. The molecule has 0 spiro atoms. The van der Waals surface area contributed by atoms with Gasteiger partial charge in [0, 0.05) is 11.3 Å². The number of rotatable bonds is 9. The number of ether oxygens (including phenoxy) is 1. The van der Waals surface area contributed by atoms with Crippen LogP contribution in [0.3, 0.4) is 0 Å². The molecule has 3 rings (SSSR count). The van der Waals surface area contributed by atoms with Crippen LogP contribution in [-0.2, 0) is 16.2 Å². The minimum atomic E-state index is -0.324. The Morgan fingerprint density at radius 3 is 2.26 bits per heavy atom. The number of phenols is 1. The highest BCUT2D eigenvalue weighted by Gasteiger charge is 2.05. The first-order chi connectivity index (χ1) is 15.0. The van der Waals surface area contributed by atoms with Crippen molar-refractivity contribution < 1.29 is 19.4 Å².